The first-order chi connectivity index (χ1) is 11.4. The van der Waals surface area contributed by atoms with E-state index in [-0.39, 0.29) is 29.7 Å². The molecule has 0 aliphatic carbocycles. The van der Waals surface area contributed by atoms with Crippen molar-refractivity contribution in [2.24, 2.45) is 0 Å². The van der Waals surface area contributed by atoms with Crippen molar-refractivity contribution in [1.29, 1.82) is 0 Å². The van der Waals surface area contributed by atoms with E-state index in [1.54, 1.807) is 13.1 Å². The van der Waals surface area contributed by atoms with Crippen LogP contribution in [-0.2, 0) is 23.0 Å². The number of aromatic nitrogens is 2. The highest BCUT2D eigenvalue weighted by Crippen LogP contribution is 2.27. The molecule has 2 heterocycles. The van der Waals surface area contributed by atoms with E-state index >= 15 is 0 Å². The second-order valence-electron chi connectivity index (χ2n) is 5.31. The molecule has 0 fully saturated rings. The summed E-state index contributed by atoms with van der Waals surface area (Å²) >= 11 is 0. The topological polar surface area (TPSA) is 98.4 Å². The monoisotopic (exact) mass is 352 g/mol. The Morgan fingerprint density at radius 3 is 2.92 bits per heavy atom. The Hall–Kier alpha value is -2.26. The average Bonchev–Trinajstić information content (AvgIpc) is 2.56. The maximum absolute atomic E-state index is 14.0. The van der Waals surface area contributed by atoms with Gasteiger partial charge in [-0.05, 0) is 37.1 Å². The number of nitrogen functional groups attached to an aromatic ring is 1. The van der Waals surface area contributed by atoms with Gasteiger partial charge in [0, 0.05) is 12.7 Å². The van der Waals surface area contributed by atoms with Crippen molar-refractivity contribution in [3.63, 3.8) is 0 Å². The summed E-state index contributed by atoms with van der Waals surface area (Å²) in [5.74, 6) is -0.581. The summed E-state index contributed by atoms with van der Waals surface area (Å²) in [5, 5.41) is 0. The van der Waals surface area contributed by atoms with Crippen molar-refractivity contribution < 1.29 is 17.5 Å². The summed E-state index contributed by atoms with van der Waals surface area (Å²) in [6.07, 6.45) is 2.09. The van der Waals surface area contributed by atoms with E-state index in [0.29, 0.717) is 18.7 Å². The van der Waals surface area contributed by atoms with Gasteiger partial charge in [0.2, 0.25) is 16.0 Å². The molecule has 0 unspecified atom stereocenters. The minimum atomic E-state index is -3.84. The predicted octanol–water partition coefficient (Wildman–Crippen LogP) is 1.34. The highest BCUT2D eigenvalue weighted by molar-refractivity contribution is 7.89. The lowest BCUT2D eigenvalue weighted by Gasteiger charge is -2.27. The first kappa shape index (κ1) is 16.6. The van der Waals surface area contributed by atoms with Gasteiger partial charge < -0.3 is 10.5 Å². The Balaban J connectivity index is 1.90. The Kier molecular flexibility index (Phi) is 4.37. The van der Waals surface area contributed by atoms with E-state index < -0.39 is 15.8 Å². The number of anilines is 1. The molecule has 2 N–H and O–H groups in total. The van der Waals surface area contributed by atoms with Gasteiger partial charge in [-0.25, -0.2) is 22.8 Å². The lowest BCUT2D eigenvalue weighted by Crippen LogP contribution is -2.36. The third-order valence-corrected chi connectivity index (χ3v) is 5.61. The van der Waals surface area contributed by atoms with E-state index in [2.05, 4.69) is 9.97 Å². The number of sulfonamides is 1. The molecule has 1 aromatic carbocycles. The molecule has 1 aliphatic heterocycles. The Morgan fingerprint density at radius 2 is 2.21 bits per heavy atom. The Bertz CT molecular complexity index is 873. The zero-order valence-electron chi connectivity index (χ0n) is 13.1. The molecule has 9 heteroatoms. The number of ether oxygens (including phenoxy) is 1. The third kappa shape index (κ3) is 3.04. The molecule has 0 saturated carbocycles. The van der Waals surface area contributed by atoms with Gasteiger partial charge in [-0.15, -0.1) is 0 Å². The van der Waals surface area contributed by atoms with E-state index in [4.69, 9.17) is 10.5 Å². The van der Waals surface area contributed by atoms with Crippen molar-refractivity contribution >= 4 is 16.0 Å². The van der Waals surface area contributed by atoms with Crippen molar-refractivity contribution in [3.8, 4) is 5.75 Å². The Morgan fingerprint density at radius 1 is 1.42 bits per heavy atom. The number of benzene rings is 1. The number of hydrogen-bond acceptors (Lipinski definition) is 6. The second-order valence-corrected chi connectivity index (χ2v) is 7.25. The van der Waals surface area contributed by atoms with Crippen molar-refractivity contribution in [1.82, 2.24) is 14.3 Å². The fraction of sp³-hybridized carbons (Fsp3) is 0.333. The molecule has 1 aromatic heterocycles. The maximum Gasteiger partial charge on any atom is 0.243 e. The number of nitrogens with zero attached hydrogens (tertiary/aromatic N) is 3. The summed E-state index contributed by atoms with van der Waals surface area (Å²) < 4.78 is 45.8. The number of rotatable bonds is 4. The van der Waals surface area contributed by atoms with Crippen LogP contribution in [0.4, 0.5) is 10.3 Å². The van der Waals surface area contributed by atoms with E-state index in [9.17, 15) is 12.8 Å². The zero-order chi connectivity index (χ0) is 17.3. The smallest absolute Gasteiger partial charge is 0.243 e. The minimum absolute atomic E-state index is 0.0287. The SMILES string of the molecule is CCOc1ccc(S(=O)(=O)N2CCc3cnc(N)nc3C2)cc1F. The first-order valence-electron chi connectivity index (χ1n) is 7.44. The molecule has 128 valence electrons. The molecule has 0 bridgehead atoms. The molecule has 1 aliphatic rings. The number of halogens is 1. The molecule has 0 amide bonds. The van der Waals surface area contributed by atoms with Crippen LogP contribution in [0.15, 0.2) is 29.3 Å². The van der Waals surface area contributed by atoms with Gasteiger partial charge in [0.1, 0.15) is 0 Å². The fourth-order valence-electron chi connectivity index (χ4n) is 2.56. The van der Waals surface area contributed by atoms with Gasteiger partial charge in [-0.3, -0.25) is 0 Å². The van der Waals surface area contributed by atoms with E-state index in [1.165, 1.54) is 16.4 Å². The third-order valence-electron chi connectivity index (χ3n) is 3.77. The summed E-state index contributed by atoms with van der Waals surface area (Å²) in [5.41, 5.74) is 7.00. The van der Waals surface area contributed by atoms with Crippen LogP contribution in [-0.4, -0.2) is 35.8 Å². The molecular weight excluding hydrogens is 335 g/mol. The van der Waals surface area contributed by atoms with Crippen molar-refractivity contribution in [3.05, 3.63) is 41.5 Å². The molecule has 2 aromatic rings. The Labute approximate surface area is 139 Å². The van der Waals surface area contributed by atoms with Gasteiger partial charge >= 0.3 is 0 Å². The molecule has 24 heavy (non-hydrogen) atoms. The highest BCUT2D eigenvalue weighted by Gasteiger charge is 2.30. The number of fused-ring (bicyclic) bond motifs is 1. The van der Waals surface area contributed by atoms with Gasteiger partial charge in [-0.2, -0.15) is 4.31 Å². The molecule has 0 atom stereocenters. The molecule has 0 spiro atoms. The number of nitrogens with two attached hydrogens (primary N) is 1. The molecular formula is C15H17FN4O3S. The fourth-order valence-corrected chi connectivity index (χ4v) is 3.98. The number of hydrogen-bond donors (Lipinski definition) is 1. The summed E-state index contributed by atoms with van der Waals surface area (Å²) in [4.78, 5) is 7.89. The van der Waals surface area contributed by atoms with Gasteiger partial charge in [0.15, 0.2) is 11.6 Å². The van der Waals surface area contributed by atoms with Crippen LogP contribution < -0.4 is 10.5 Å². The van der Waals surface area contributed by atoms with Gasteiger partial charge in [0.25, 0.3) is 0 Å². The van der Waals surface area contributed by atoms with E-state index in [0.717, 1.165) is 11.6 Å². The zero-order valence-corrected chi connectivity index (χ0v) is 13.9. The van der Waals surface area contributed by atoms with Crippen LogP contribution in [0.3, 0.4) is 0 Å². The summed E-state index contributed by atoms with van der Waals surface area (Å²) in [7, 11) is -3.84. The lowest BCUT2D eigenvalue weighted by atomic mass is 10.1. The first-order valence-corrected chi connectivity index (χ1v) is 8.88. The van der Waals surface area contributed by atoms with E-state index in [1.807, 2.05) is 0 Å². The highest BCUT2D eigenvalue weighted by atomic mass is 32.2. The molecule has 0 saturated heterocycles. The quantitative estimate of drug-likeness (QED) is 0.892. The predicted molar refractivity (Wildman–Crippen MR) is 85.3 cm³/mol. The minimum Gasteiger partial charge on any atom is -0.491 e. The summed E-state index contributed by atoms with van der Waals surface area (Å²) in [6.45, 7) is 2.38. The van der Waals surface area contributed by atoms with Gasteiger partial charge in [0.05, 0.1) is 23.7 Å². The molecule has 3 rings (SSSR count). The lowest BCUT2D eigenvalue weighted by molar-refractivity contribution is 0.320. The summed E-state index contributed by atoms with van der Waals surface area (Å²) in [6, 6.07) is 3.64. The van der Waals surface area contributed by atoms with Crippen molar-refractivity contribution in [2.75, 3.05) is 18.9 Å². The average molecular weight is 352 g/mol. The van der Waals surface area contributed by atoms with Crippen LogP contribution in [0.1, 0.15) is 18.2 Å². The molecule has 7 nitrogen and oxygen atoms in total. The normalized spacial score (nSPS) is 15.1. The molecule has 0 radical (unpaired) electrons. The maximum atomic E-state index is 14.0. The largest absolute Gasteiger partial charge is 0.491 e. The van der Waals surface area contributed by atoms with Crippen molar-refractivity contribution in [2.45, 2.75) is 24.8 Å². The standard InChI is InChI=1S/C15H17FN4O3S/c1-2-23-14-4-3-11(7-12(14)16)24(21,22)20-6-5-10-8-18-15(17)19-13(10)9-20/h3-4,7-8H,2,5-6,9H2,1H3,(H2,17,18,19). The van der Waals surface area contributed by atoms with Crippen LogP contribution in [0, 0.1) is 5.82 Å². The second kappa shape index (κ2) is 6.33. The van der Waals surface area contributed by atoms with Crippen LogP contribution in [0.5, 0.6) is 5.75 Å². The van der Waals surface area contributed by atoms with Gasteiger partial charge in [-0.1, -0.05) is 0 Å². The van der Waals surface area contributed by atoms with Crippen LogP contribution in [0.2, 0.25) is 0 Å². The van der Waals surface area contributed by atoms with Crippen LogP contribution >= 0.6 is 0 Å². The van der Waals surface area contributed by atoms with Crippen LogP contribution in [0.25, 0.3) is 0 Å².